The molecule has 11 heavy (non-hydrogen) atoms. The van der Waals surface area contributed by atoms with Crippen molar-refractivity contribution >= 4 is 6.16 Å². The summed E-state index contributed by atoms with van der Waals surface area (Å²) in [6.07, 6.45) is 1.06. The Hall–Kier alpha value is -1.03. The molecule has 4 nitrogen and oxygen atoms in total. The molecule has 1 heterocycles. The lowest BCUT2D eigenvalue weighted by Gasteiger charge is -1.93. The Kier molecular flexibility index (Phi) is 2.92. The van der Waals surface area contributed by atoms with E-state index < -0.39 is 6.16 Å². The van der Waals surface area contributed by atoms with Crippen molar-refractivity contribution in [1.29, 1.82) is 0 Å². The highest BCUT2D eigenvalue weighted by Gasteiger charge is 2.17. The Morgan fingerprint density at radius 3 is 3.09 bits per heavy atom. The van der Waals surface area contributed by atoms with Crippen LogP contribution in [0.5, 0.6) is 0 Å². The molecule has 0 aromatic heterocycles. The van der Waals surface area contributed by atoms with Gasteiger partial charge in [-0.1, -0.05) is 0 Å². The fraction of sp³-hybridized carbons (Fsp3) is 0.571. The number of hydrogen-bond acceptors (Lipinski definition) is 4. The lowest BCUT2D eigenvalue weighted by Crippen LogP contribution is -1.92. The fourth-order valence-electron chi connectivity index (χ4n) is 0.666. The van der Waals surface area contributed by atoms with Crippen LogP contribution >= 0.6 is 0 Å². The van der Waals surface area contributed by atoms with E-state index in [0.717, 1.165) is 0 Å². The molecule has 1 aliphatic heterocycles. The van der Waals surface area contributed by atoms with Gasteiger partial charge < -0.3 is 14.2 Å². The first kappa shape index (κ1) is 8.07. The minimum Gasteiger partial charge on any atom is -0.426 e. The minimum absolute atomic E-state index is 0.228. The Balaban J connectivity index is 2.25. The van der Waals surface area contributed by atoms with E-state index >= 15 is 0 Å². The van der Waals surface area contributed by atoms with Crippen LogP contribution in [0.3, 0.4) is 0 Å². The average molecular weight is 158 g/mol. The quantitative estimate of drug-likeness (QED) is 0.455. The predicted molar refractivity (Wildman–Crippen MR) is 37.0 cm³/mol. The van der Waals surface area contributed by atoms with Crippen molar-refractivity contribution < 1.29 is 19.0 Å². The summed E-state index contributed by atoms with van der Waals surface area (Å²) in [6.45, 7) is 3.24. The van der Waals surface area contributed by atoms with Crippen LogP contribution in [0, 0.1) is 0 Å². The summed E-state index contributed by atoms with van der Waals surface area (Å²) in [7, 11) is 0. The van der Waals surface area contributed by atoms with Crippen molar-refractivity contribution in [3.05, 3.63) is 11.8 Å². The predicted octanol–water partition coefficient (Wildman–Crippen LogP) is 1.07. The molecule has 0 radical (unpaired) electrons. The maximum atomic E-state index is 10.4. The normalized spacial score (nSPS) is 20.1. The summed E-state index contributed by atoms with van der Waals surface area (Å²) < 4.78 is 14.1. The third-order valence-corrected chi connectivity index (χ3v) is 1.18. The molecule has 0 aliphatic carbocycles. The Morgan fingerprint density at radius 2 is 2.55 bits per heavy atom. The topological polar surface area (TPSA) is 44.8 Å². The summed E-state index contributed by atoms with van der Waals surface area (Å²) in [6, 6.07) is 0. The summed E-state index contributed by atoms with van der Waals surface area (Å²) in [4.78, 5) is 10.4. The van der Waals surface area contributed by atoms with Crippen LogP contribution in [0.15, 0.2) is 11.8 Å². The summed E-state index contributed by atoms with van der Waals surface area (Å²) >= 11 is 0. The van der Waals surface area contributed by atoms with Gasteiger partial charge in [0.15, 0.2) is 6.61 Å². The second-order valence-electron chi connectivity index (χ2n) is 1.97. The van der Waals surface area contributed by atoms with E-state index in [9.17, 15) is 4.79 Å². The number of rotatable bonds is 3. The van der Waals surface area contributed by atoms with Crippen LogP contribution in [0.4, 0.5) is 4.79 Å². The van der Waals surface area contributed by atoms with Crippen LogP contribution in [-0.2, 0) is 14.2 Å². The van der Waals surface area contributed by atoms with Crippen molar-refractivity contribution in [2.75, 3.05) is 19.8 Å². The fourth-order valence-corrected chi connectivity index (χ4v) is 0.666. The summed E-state index contributed by atoms with van der Waals surface area (Å²) in [5.41, 5.74) is 0. The number of hydrogen-bond donors (Lipinski definition) is 0. The van der Waals surface area contributed by atoms with E-state index in [-0.39, 0.29) is 6.61 Å². The van der Waals surface area contributed by atoms with Gasteiger partial charge in [-0.3, -0.25) is 0 Å². The SMILES string of the molecule is CCOC/C=C1/COC(=O)O1. The first-order valence-electron chi connectivity index (χ1n) is 3.44. The number of ether oxygens (including phenoxy) is 3. The molecule has 1 fully saturated rings. The zero-order valence-corrected chi connectivity index (χ0v) is 6.33. The highest BCUT2D eigenvalue weighted by atomic mass is 16.8. The van der Waals surface area contributed by atoms with Crippen molar-refractivity contribution in [3.63, 3.8) is 0 Å². The minimum atomic E-state index is -0.632. The third kappa shape index (κ3) is 2.59. The molecule has 0 amide bonds. The van der Waals surface area contributed by atoms with Crippen molar-refractivity contribution in [2.45, 2.75) is 6.92 Å². The number of carbonyl (C=O) groups excluding carboxylic acids is 1. The first-order valence-corrected chi connectivity index (χ1v) is 3.44. The summed E-state index contributed by atoms with van der Waals surface area (Å²) in [5.74, 6) is 0.531. The van der Waals surface area contributed by atoms with E-state index in [2.05, 4.69) is 9.47 Å². The standard InChI is InChI=1S/C7H10O4/c1-2-9-4-3-6-5-10-7(8)11-6/h3H,2,4-5H2,1H3/b6-3-. The van der Waals surface area contributed by atoms with Gasteiger partial charge in [0.25, 0.3) is 0 Å². The number of cyclic esters (lactones) is 2. The molecule has 1 saturated heterocycles. The van der Waals surface area contributed by atoms with Gasteiger partial charge in [-0.15, -0.1) is 0 Å². The molecular formula is C7H10O4. The smallest absolute Gasteiger partial charge is 0.426 e. The van der Waals surface area contributed by atoms with Gasteiger partial charge in [0.05, 0.1) is 6.61 Å². The Bertz CT molecular complexity index is 173. The van der Waals surface area contributed by atoms with E-state index in [1.165, 1.54) is 0 Å². The first-order chi connectivity index (χ1) is 5.33. The largest absolute Gasteiger partial charge is 0.514 e. The molecule has 0 spiro atoms. The van der Waals surface area contributed by atoms with Gasteiger partial charge >= 0.3 is 6.16 Å². The number of carbonyl (C=O) groups is 1. The zero-order chi connectivity index (χ0) is 8.10. The average Bonchev–Trinajstić information content (AvgIpc) is 2.37. The maximum Gasteiger partial charge on any atom is 0.514 e. The van der Waals surface area contributed by atoms with Gasteiger partial charge in [-0.25, -0.2) is 4.79 Å². The van der Waals surface area contributed by atoms with E-state index in [1.54, 1.807) is 6.08 Å². The Labute approximate surface area is 64.7 Å². The van der Waals surface area contributed by atoms with E-state index in [4.69, 9.17) is 4.74 Å². The van der Waals surface area contributed by atoms with Crippen molar-refractivity contribution in [1.82, 2.24) is 0 Å². The second-order valence-corrected chi connectivity index (χ2v) is 1.97. The second kappa shape index (κ2) is 3.98. The maximum absolute atomic E-state index is 10.4. The van der Waals surface area contributed by atoms with Gasteiger partial charge in [0, 0.05) is 6.61 Å². The van der Waals surface area contributed by atoms with E-state index in [0.29, 0.717) is 19.0 Å². The van der Waals surface area contributed by atoms with Gasteiger partial charge in [0.1, 0.15) is 5.76 Å². The van der Waals surface area contributed by atoms with Crippen LogP contribution < -0.4 is 0 Å². The van der Waals surface area contributed by atoms with Crippen molar-refractivity contribution in [3.8, 4) is 0 Å². The third-order valence-electron chi connectivity index (χ3n) is 1.18. The van der Waals surface area contributed by atoms with Gasteiger partial charge in [0.2, 0.25) is 0 Å². The van der Waals surface area contributed by atoms with Gasteiger partial charge in [-0.2, -0.15) is 0 Å². The zero-order valence-electron chi connectivity index (χ0n) is 6.33. The Morgan fingerprint density at radius 1 is 1.73 bits per heavy atom. The lowest BCUT2D eigenvalue weighted by atomic mass is 10.5. The molecule has 0 unspecified atom stereocenters. The van der Waals surface area contributed by atoms with Crippen LogP contribution in [-0.4, -0.2) is 26.0 Å². The van der Waals surface area contributed by atoms with Gasteiger partial charge in [-0.05, 0) is 13.0 Å². The molecule has 1 rings (SSSR count). The molecular weight excluding hydrogens is 148 g/mol. The lowest BCUT2D eigenvalue weighted by molar-refractivity contribution is 0.135. The highest BCUT2D eigenvalue weighted by Crippen LogP contribution is 2.08. The van der Waals surface area contributed by atoms with Crippen molar-refractivity contribution in [2.24, 2.45) is 0 Å². The van der Waals surface area contributed by atoms with Crippen LogP contribution in [0.2, 0.25) is 0 Å². The van der Waals surface area contributed by atoms with E-state index in [1.807, 2.05) is 6.92 Å². The monoisotopic (exact) mass is 158 g/mol. The highest BCUT2D eigenvalue weighted by molar-refractivity contribution is 5.64. The molecule has 0 saturated carbocycles. The molecule has 0 atom stereocenters. The molecule has 1 aliphatic rings. The molecule has 0 aromatic carbocycles. The molecule has 0 N–H and O–H groups in total. The molecule has 0 aromatic rings. The molecule has 0 bridgehead atoms. The van der Waals surface area contributed by atoms with Crippen LogP contribution in [0.25, 0.3) is 0 Å². The summed E-state index contributed by atoms with van der Waals surface area (Å²) in [5, 5.41) is 0. The molecule has 4 heteroatoms. The molecule has 62 valence electrons. The van der Waals surface area contributed by atoms with Crippen LogP contribution in [0.1, 0.15) is 6.92 Å².